The lowest BCUT2D eigenvalue weighted by Crippen LogP contribution is -2.41. The van der Waals surface area contributed by atoms with Gasteiger partial charge in [-0.05, 0) is 25.3 Å². The Kier molecular flexibility index (Phi) is 3.24. The van der Waals surface area contributed by atoms with Gasteiger partial charge in [0.1, 0.15) is 17.4 Å². The van der Waals surface area contributed by atoms with E-state index in [1.807, 2.05) is 36.4 Å². The normalized spacial score (nSPS) is 18.4. The Morgan fingerprint density at radius 3 is 3.25 bits per heavy atom. The molecule has 16 heavy (non-hydrogen) atoms. The van der Waals surface area contributed by atoms with Crippen LogP contribution in [0.3, 0.4) is 0 Å². The molecule has 0 bridgehead atoms. The zero-order valence-electron chi connectivity index (χ0n) is 9.34. The molecule has 0 saturated heterocycles. The van der Waals surface area contributed by atoms with E-state index in [2.05, 4.69) is 4.99 Å². The van der Waals surface area contributed by atoms with Crippen LogP contribution >= 0.6 is 11.3 Å². The van der Waals surface area contributed by atoms with Crippen LogP contribution in [-0.2, 0) is 9.53 Å². The standard InChI is InChI=1S/C11H14N2O2S/c1-3-15-10(14)7-13-6-9-4-5-16-11(9)12-8(13)2/h4-6,8H,3,7H2,1-2H3. The lowest BCUT2D eigenvalue weighted by molar-refractivity contribution is -0.143. The van der Waals surface area contributed by atoms with Gasteiger partial charge in [-0.15, -0.1) is 11.3 Å². The third-order valence-corrected chi connectivity index (χ3v) is 3.22. The molecule has 1 aromatic heterocycles. The first-order valence-corrected chi connectivity index (χ1v) is 6.13. The van der Waals surface area contributed by atoms with Crippen molar-refractivity contribution in [1.29, 1.82) is 0 Å². The topological polar surface area (TPSA) is 41.9 Å². The fraction of sp³-hybridized carbons (Fsp3) is 0.455. The summed E-state index contributed by atoms with van der Waals surface area (Å²) in [4.78, 5) is 17.8. The Hall–Kier alpha value is -1.36. The van der Waals surface area contributed by atoms with E-state index in [1.54, 1.807) is 11.3 Å². The molecule has 5 heteroatoms. The summed E-state index contributed by atoms with van der Waals surface area (Å²) in [6.07, 6.45) is 1.97. The van der Waals surface area contributed by atoms with Crippen molar-refractivity contribution in [2.75, 3.05) is 13.2 Å². The zero-order valence-corrected chi connectivity index (χ0v) is 10.2. The van der Waals surface area contributed by atoms with Gasteiger partial charge in [-0.3, -0.25) is 4.79 Å². The van der Waals surface area contributed by atoms with Crippen LogP contribution in [-0.4, -0.2) is 30.2 Å². The highest BCUT2D eigenvalue weighted by molar-refractivity contribution is 7.07. The molecule has 0 saturated carbocycles. The molecule has 0 N–H and O–H groups in total. The molecule has 86 valence electrons. The molecule has 0 fully saturated rings. The molecule has 1 atom stereocenters. The molecule has 1 unspecified atom stereocenters. The Morgan fingerprint density at radius 1 is 1.69 bits per heavy atom. The van der Waals surface area contributed by atoms with Gasteiger partial charge in [-0.1, -0.05) is 0 Å². The van der Waals surface area contributed by atoms with Crippen LogP contribution in [0.15, 0.2) is 16.4 Å². The van der Waals surface area contributed by atoms with Gasteiger partial charge in [-0.25, -0.2) is 4.99 Å². The number of esters is 1. The van der Waals surface area contributed by atoms with Crippen molar-refractivity contribution in [1.82, 2.24) is 4.90 Å². The predicted molar refractivity (Wildman–Crippen MR) is 62.4 cm³/mol. The predicted octanol–water partition coefficient (Wildman–Crippen LogP) is 0.330. The molecule has 0 radical (unpaired) electrons. The van der Waals surface area contributed by atoms with Crippen LogP contribution in [0.5, 0.6) is 0 Å². The minimum atomic E-state index is -0.209. The van der Waals surface area contributed by atoms with Crippen LogP contribution in [0.2, 0.25) is 0 Å². The van der Waals surface area contributed by atoms with Crippen molar-refractivity contribution in [2.24, 2.45) is 4.99 Å². The van der Waals surface area contributed by atoms with Crippen molar-refractivity contribution >= 4 is 23.5 Å². The van der Waals surface area contributed by atoms with Crippen molar-refractivity contribution in [2.45, 2.75) is 20.0 Å². The first-order chi connectivity index (χ1) is 7.70. The van der Waals surface area contributed by atoms with E-state index in [0.29, 0.717) is 6.61 Å². The quantitative estimate of drug-likeness (QED) is 0.713. The van der Waals surface area contributed by atoms with E-state index in [4.69, 9.17) is 4.74 Å². The number of fused-ring (bicyclic) bond motifs is 1. The summed E-state index contributed by atoms with van der Waals surface area (Å²) < 4.78 is 5.96. The second kappa shape index (κ2) is 4.65. The molecular weight excluding hydrogens is 224 g/mol. The van der Waals surface area contributed by atoms with E-state index in [9.17, 15) is 4.79 Å². The highest BCUT2D eigenvalue weighted by atomic mass is 32.1. The van der Waals surface area contributed by atoms with E-state index >= 15 is 0 Å². The van der Waals surface area contributed by atoms with E-state index in [0.717, 1.165) is 9.89 Å². The zero-order chi connectivity index (χ0) is 11.5. The van der Waals surface area contributed by atoms with Crippen molar-refractivity contribution in [3.63, 3.8) is 0 Å². The maximum absolute atomic E-state index is 11.4. The monoisotopic (exact) mass is 238 g/mol. The SMILES string of the molecule is CCOC(=O)CN1C=c2ccsc2=NC1C. The maximum Gasteiger partial charge on any atom is 0.325 e. The van der Waals surface area contributed by atoms with E-state index in [-0.39, 0.29) is 18.7 Å². The van der Waals surface area contributed by atoms with Gasteiger partial charge in [-0.2, -0.15) is 0 Å². The first-order valence-electron chi connectivity index (χ1n) is 5.25. The number of nitrogens with zero attached hydrogens (tertiary/aromatic N) is 2. The van der Waals surface area contributed by atoms with Gasteiger partial charge >= 0.3 is 5.97 Å². The summed E-state index contributed by atoms with van der Waals surface area (Å²) in [7, 11) is 0. The molecule has 2 heterocycles. The highest BCUT2D eigenvalue weighted by Crippen LogP contribution is 2.04. The second-order valence-electron chi connectivity index (χ2n) is 3.55. The van der Waals surface area contributed by atoms with E-state index in [1.165, 1.54) is 0 Å². The highest BCUT2D eigenvalue weighted by Gasteiger charge is 2.16. The Bertz CT molecular complexity index is 494. The van der Waals surface area contributed by atoms with Gasteiger partial charge in [0.25, 0.3) is 0 Å². The van der Waals surface area contributed by atoms with Gasteiger partial charge in [0.05, 0.1) is 6.61 Å². The molecule has 1 aromatic rings. The summed E-state index contributed by atoms with van der Waals surface area (Å²) in [5, 5.41) is 3.08. The summed E-state index contributed by atoms with van der Waals surface area (Å²) in [5.74, 6) is -0.209. The average molecular weight is 238 g/mol. The van der Waals surface area contributed by atoms with Crippen molar-refractivity contribution in [3.05, 3.63) is 21.3 Å². The number of ether oxygens (including phenoxy) is 1. The van der Waals surface area contributed by atoms with Gasteiger partial charge in [0.15, 0.2) is 0 Å². The van der Waals surface area contributed by atoms with Gasteiger partial charge in [0.2, 0.25) is 0 Å². The average Bonchev–Trinajstić information content (AvgIpc) is 2.65. The maximum atomic E-state index is 11.4. The van der Waals surface area contributed by atoms with Gasteiger partial charge in [0, 0.05) is 11.4 Å². The minimum absolute atomic E-state index is 0.00411. The summed E-state index contributed by atoms with van der Waals surface area (Å²) in [5.41, 5.74) is 0. The second-order valence-corrected chi connectivity index (χ2v) is 4.44. The molecule has 2 rings (SSSR count). The number of hydrogen-bond donors (Lipinski definition) is 0. The van der Waals surface area contributed by atoms with Crippen LogP contribution in [0.25, 0.3) is 6.20 Å². The number of rotatable bonds is 3. The molecule has 0 amide bonds. The van der Waals surface area contributed by atoms with E-state index < -0.39 is 0 Å². The van der Waals surface area contributed by atoms with Crippen LogP contribution < -0.4 is 9.89 Å². The third kappa shape index (κ3) is 2.24. The molecule has 0 spiro atoms. The fourth-order valence-electron chi connectivity index (χ4n) is 1.58. The van der Waals surface area contributed by atoms with Crippen molar-refractivity contribution in [3.8, 4) is 0 Å². The summed E-state index contributed by atoms with van der Waals surface area (Å²) in [6.45, 7) is 4.46. The molecule has 4 nitrogen and oxygen atoms in total. The molecular formula is C11H14N2O2S. The summed E-state index contributed by atoms with van der Waals surface area (Å²) >= 11 is 1.62. The Labute approximate surface area is 97.9 Å². The summed E-state index contributed by atoms with van der Waals surface area (Å²) in [6, 6.07) is 2.01. The van der Waals surface area contributed by atoms with Crippen LogP contribution in [0.1, 0.15) is 13.8 Å². The number of thiophene rings is 1. The smallest absolute Gasteiger partial charge is 0.325 e. The number of carbonyl (C=O) groups is 1. The molecule has 1 aliphatic rings. The van der Waals surface area contributed by atoms with Crippen LogP contribution in [0.4, 0.5) is 0 Å². The number of hydrogen-bond acceptors (Lipinski definition) is 5. The number of carbonyl (C=O) groups excluding carboxylic acids is 1. The van der Waals surface area contributed by atoms with Gasteiger partial charge < -0.3 is 9.64 Å². The fourth-order valence-corrected chi connectivity index (χ4v) is 2.39. The minimum Gasteiger partial charge on any atom is -0.465 e. The third-order valence-electron chi connectivity index (χ3n) is 2.38. The lowest BCUT2D eigenvalue weighted by atomic mass is 10.3. The molecule has 1 aliphatic heterocycles. The lowest BCUT2D eigenvalue weighted by Gasteiger charge is -2.25. The Morgan fingerprint density at radius 2 is 2.50 bits per heavy atom. The first kappa shape index (κ1) is 11.1. The molecule has 0 aromatic carbocycles. The largest absolute Gasteiger partial charge is 0.465 e. The van der Waals surface area contributed by atoms with Crippen molar-refractivity contribution < 1.29 is 9.53 Å². The van der Waals surface area contributed by atoms with Crippen LogP contribution in [0, 0.1) is 0 Å². The molecule has 0 aliphatic carbocycles. The Balaban J connectivity index is 2.16.